The molecule has 2 rings (SSSR count). The molecule has 1 aromatic heterocycles. The van der Waals surface area contributed by atoms with Crippen LogP contribution in [0.2, 0.25) is 0 Å². The van der Waals surface area contributed by atoms with Crippen LogP contribution < -0.4 is 4.74 Å². The van der Waals surface area contributed by atoms with E-state index in [1.165, 1.54) is 0 Å². The molecular formula is C14H15NO2S. The van der Waals surface area contributed by atoms with Gasteiger partial charge in [0.15, 0.2) is 0 Å². The number of aromatic nitrogens is 1. The third-order valence-electron chi connectivity index (χ3n) is 2.51. The second kappa shape index (κ2) is 5.89. The van der Waals surface area contributed by atoms with Gasteiger partial charge in [-0.05, 0) is 36.8 Å². The van der Waals surface area contributed by atoms with Crippen molar-refractivity contribution in [2.75, 3.05) is 7.11 Å². The Balaban J connectivity index is 2.13. The summed E-state index contributed by atoms with van der Waals surface area (Å²) < 4.78 is 5.18. The molecule has 0 spiro atoms. The fraction of sp³-hybridized carbons (Fsp3) is 0.214. The molecule has 3 nitrogen and oxygen atoms in total. The van der Waals surface area contributed by atoms with E-state index in [0.29, 0.717) is 0 Å². The summed E-state index contributed by atoms with van der Waals surface area (Å²) in [6.45, 7) is 1.73. The SMILES string of the molecule is COc1cccc(Sc2ccc([C@@H](C)O)cn2)c1. The molecule has 18 heavy (non-hydrogen) atoms. The highest BCUT2D eigenvalue weighted by Crippen LogP contribution is 2.29. The maximum atomic E-state index is 9.41. The molecule has 0 saturated carbocycles. The van der Waals surface area contributed by atoms with E-state index in [2.05, 4.69) is 4.98 Å². The quantitative estimate of drug-likeness (QED) is 0.917. The molecule has 0 unspecified atom stereocenters. The number of hydrogen-bond donors (Lipinski definition) is 1. The van der Waals surface area contributed by atoms with Gasteiger partial charge in [0.05, 0.1) is 13.2 Å². The Morgan fingerprint density at radius 3 is 2.72 bits per heavy atom. The molecule has 0 saturated heterocycles. The number of benzene rings is 1. The minimum Gasteiger partial charge on any atom is -0.497 e. The molecule has 1 atom stereocenters. The van der Waals surface area contributed by atoms with Crippen molar-refractivity contribution in [3.8, 4) is 5.75 Å². The number of pyridine rings is 1. The van der Waals surface area contributed by atoms with Crippen LogP contribution in [-0.2, 0) is 0 Å². The van der Waals surface area contributed by atoms with E-state index in [-0.39, 0.29) is 0 Å². The van der Waals surface area contributed by atoms with Crippen molar-refractivity contribution in [2.45, 2.75) is 22.9 Å². The molecule has 0 aliphatic rings. The first-order chi connectivity index (χ1) is 8.69. The Bertz CT molecular complexity index is 511. The summed E-state index contributed by atoms with van der Waals surface area (Å²) in [7, 11) is 1.65. The lowest BCUT2D eigenvalue weighted by Crippen LogP contribution is -1.92. The smallest absolute Gasteiger partial charge is 0.119 e. The van der Waals surface area contributed by atoms with Gasteiger partial charge in [-0.2, -0.15) is 0 Å². The summed E-state index contributed by atoms with van der Waals surface area (Å²) in [5.74, 6) is 0.834. The third kappa shape index (κ3) is 3.24. The van der Waals surface area contributed by atoms with Crippen LogP contribution in [0.4, 0.5) is 0 Å². The summed E-state index contributed by atoms with van der Waals surface area (Å²) in [4.78, 5) is 5.39. The van der Waals surface area contributed by atoms with E-state index >= 15 is 0 Å². The predicted molar refractivity (Wildman–Crippen MR) is 72.0 cm³/mol. The van der Waals surface area contributed by atoms with Crippen molar-refractivity contribution >= 4 is 11.8 Å². The first-order valence-electron chi connectivity index (χ1n) is 5.65. The molecule has 94 valence electrons. The number of aliphatic hydroxyl groups is 1. The van der Waals surface area contributed by atoms with Crippen LogP contribution in [0.1, 0.15) is 18.6 Å². The Labute approximate surface area is 111 Å². The van der Waals surface area contributed by atoms with Crippen molar-refractivity contribution in [1.82, 2.24) is 4.98 Å². The molecule has 0 bridgehead atoms. The van der Waals surface area contributed by atoms with Crippen LogP contribution in [0, 0.1) is 0 Å². The average molecular weight is 261 g/mol. The van der Waals surface area contributed by atoms with Crippen molar-refractivity contribution < 1.29 is 9.84 Å². The first-order valence-corrected chi connectivity index (χ1v) is 6.46. The van der Waals surface area contributed by atoms with Gasteiger partial charge in [-0.15, -0.1) is 0 Å². The van der Waals surface area contributed by atoms with Crippen LogP contribution >= 0.6 is 11.8 Å². The van der Waals surface area contributed by atoms with Gasteiger partial charge in [0.2, 0.25) is 0 Å². The van der Waals surface area contributed by atoms with Gasteiger partial charge >= 0.3 is 0 Å². The zero-order chi connectivity index (χ0) is 13.0. The average Bonchev–Trinajstić information content (AvgIpc) is 2.39. The Morgan fingerprint density at radius 2 is 2.11 bits per heavy atom. The first kappa shape index (κ1) is 12.9. The van der Waals surface area contributed by atoms with Crippen molar-refractivity contribution in [3.05, 3.63) is 48.2 Å². The molecule has 0 fully saturated rings. The topological polar surface area (TPSA) is 42.4 Å². The molecule has 0 radical (unpaired) electrons. The number of aliphatic hydroxyl groups excluding tert-OH is 1. The molecule has 4 heteroatoms. The van der Waals surface area contributed by atoms with E-state index in [9.17, 15) is 5.11 Å². The molecule has 1 heterocycles. The summed E-state index contributed by atoms with van der Waals surface area (Å²) in [6.07, 6.45) is 1.22. The van der Waals surface area contributed by atoms with Crippen molar-refractivity contribution in [1.29, 1.82) is 0 Å². The summed E-state index contributed by atoms with van der Waals surface area (Å²) in [5, 5.41) is 10.3. The van der Waals surface area contributed by atoms with E-state index in [0.717, 1.165) is 21.2 Å². The second-order valence-corrected chi connectivity index (χ2v) is 4.98. The number of methoxy groups -OCH3 is 1. The monoisotopic (exact) mass is 261 g/mol. The lowest BCUT2D eigenvalue weighted by Gasteiger charge is -2.06. The number of rotatable bonds is 4. The van der Waals surface area contributed by atoms with Gasteiger partial charge in [-0.3, -0.25) is 0 Å². The Morgan fingerprint density at radius 1 is 1.28 bits per heavy atom. The van der Waals surface area contributed by atoms with Crippen LogP contribution in [0.3, 0.4) is 0 Å². The largest absolute Gasteiger partial charge is 0.497 e. The predicted octanol–water partition coefficient (Wildman–Crippen LogP) is 3.29. The van der Waals surface area contributed by atoms with Crippen LogP contribution in [0.25, 0.3) is 0 Å². The normalized spacial score (nSPS) is 12.2. The van der Waals surface area contributed by atoms with Gasteiger partial charge < -0.3 is 9.84 Å². The minimum absolute atomic E-state index is 0.478. The van der Waals surface area contributed by atoms with Crippen molar-refractivity contribution in [3.63, 3.8) is 0 Å². The molecule has 0 amide bonds. The van der Waals surface area contributed by atoms with Gasteiger partial charge in [0, 0.05) is 11.1 Å². The Hall–Kier alpha value is -1.52. The zero-order valence-corrected chi connectivity index (χ0v) is 11.1. The van der Waals surface area contributed by atoms with Gasteiger partial charge in [-0.1, -0.05) is 23.9 Å². The van der Waals surface area contributed by atoms with Gasteiger partial charge in [-0.25, -0.2) is 4.98 Å². The maximum absolute atomic E-state index is 9.41. The number of hydrogen-bond acceptors (Lipinski definition) is 4. The van der Waals surface area contributed by atoms with Gasteiger partial charge in [0.1, 0.15) is 10.8 Å². The van der Waals surface area contributed by atoms with Gasteiger partial charge in [0.25, 0.3) is 0 Å². The fourth-order valence-electron chi connectivity index (χ4n) is 1.48. The fourth-order valence-corrected chi connectivity index (χ4v) is 2.29. The molecular weight excluding hydrogens is 246 g/mol. The zero-order valence-electron chi connectivity index (χ0n) is 10.3. The van der Waals surface area contributed by atoms with E-state index in [1.54, 1.807) is 32.0 Å². The minimum atomic E-state index is -0.478. The molecule has 0 aliphatic carbocycles. The number of ether oxygens (including phenoxy) is 1. The lowest BCUT2D eigenvalue weighted by atomic mass is 10.2. The molecule has 0 aliphatic heterocycles. The molecule has 1 aromatic carbocycles. The summed E-state index contributed by atoms with van der Waals surface area (Å²) >= 11 is 1.56. The van der Waals surface area contributed by atoms with E-state index in [4.69, 9.17) is 4.74 Å². The van der Waals surface area contributed by atoms with Crippen molar-refractivity contribution in [2.24, 2.45) is 0 Å². The highest BCUT2D eigenvalue weighted by molar-refractivity contribution is 7.99. The van der Waals surface area contributed by atoms with E-state index in [1.807, 2.05) is 36.4 Å². The van der Waals surface area contributed by atoms with Crippen LogP contribution in [0.15, 0.2) is 52.5 Å². The highest BCUT2D eigenvalue weighted by atomic mass is 32.2. The second-order valence-electron chi connectivity index (χ2n) is 3.89. The molecule has 2 aromatic rings. The summed E-state index contributed by atoms with van der Waals surface area (Å²) in [5.41, 5.74) is 0.824. The van der Waals surface area contributed by atoms with Crippen LogP contribution in [-0.4, -0.2) is 17.2 Å². The van der Waals surface area contributed by atoms with E-state index < -0.39 is 6.10 Å². The number of nitrogens with zero attached hydrogens (tertiary/aromatic N) is 1. The van der Waals surface area contributed by atoms with Crippen LogP contribution in [0.5, 0.6) is 5.75 Å². The third-order valence-corrected chi connectivity index (χ3v) is 3.45. The molecule has 1 N–H and O–H groups in total. The highest BCUT2D eigenvalue weighted by Gasteiger charge is 2.03. The Kier molecular flexibility index (Phi) is 4.23. The maximum Gasteiger partial charge on any atom is 0.119 e. The summed E-state index contributed by atoms with van der Waals surface area (Å²) in [6, 6.07) is 11.6. The standard InChI is InChI=1S/C14H15NO2S/c1-10(16)11-6-7-14(15-9-11)18-13-5-3-4-12(8-13)17-2/h3-10,16H,1-2H3/t10-/m1/s1. The lowest BCUT2D eigenvalue weighted by molar-refractivity contribution is 0.198.